The molecule has 0 N–H and O–H groups in total. The van der Waals surface area contributed by atoms with Crippen molar-refractivity contribution in [3.05, 3.63) is 0 Å². The van der Waals surface area contributed by atoms with Gasteiger partial charge in [-0.1, -0.05) is 39.0 Å². The van der Waals surface area contributed by atoms with Gasteiger partial charge in [-0.25, -0.2) is 0 Å². The van der Waals surface area contributed by atoms with Crippen LogP contribution in [0.2, 0.25) is 5.04 Å². The molecular weight excluding hydrogens is 204 g/mol. The van der Waals surface area contributed by atoms with Crippen LogP contribution in [0.5, 0.6) is 0 Å². The molecule has 0 unspecified atom stereocenters. The van der Waals surface area contributed by atoms with Gasteiger partial charge in [0.1, 0.15) is 0 Å². The van der Waals surface area contributed by atoms with Crippen LogP contribution in [0.15, 0.2) is 0 Å². The van der Waals surface area contributed by atoms with Crippen LogP contribution in [0.1, 0.15) is 58.3 Å². The molecule has 0 aromatic rings. The maximum Gasteiger partial charge on any atom is 0.327 e. The molecule has 1 rings (SSSR count). The third kappa shape index (κ3) is 3.30. The third-order valence-corrected chi connectivity index (χ3v) is 6.53. The van der Waals surface area contributed by atoms with E-state index in [-0.39, 0.29) is 0 Å². The quantitative estimate of drug-likeness (QED) is 0.651. The van der Waals surface area contributed by atoms with E-state index in [4.69, 9.17) is 8.85 Å². The molecule has 0 aromatic heterocycles. The standard InChI is InChI=1S/C12H26O2Si/c1-4-5-9-12(15(13-2)14-3)10-7-6-8-11-12/h15H,4-11H2,1-3H3. The highest BCUT2D eigenvalue weighted by Crippen LogP contribution is 2.49. The minimum absolute atomic E-state index is 0.442. The molecule has 90 valence electrons. The van der Waals surface area contributed by atoms with Crippen molar-refractivity contribution < 1.29 is 8.85 Å². The zero-order valence-electron chi connectivity index (χ0n) is 10.6. The lowest BCUT2D eigenvalue weighted by Crippen LogP contribution is -2.38. The van der Waals surface area contributed by atoms with Crippen LogP contribution in [-0.2, 0) is 8.85 Å². The minimum Gasteiger partial charge on any atom is -0.400 e. The lowest BCUT2D eigenvalue weighted by atomic mass is 9.84. The minimum atomic E-state index is -1.44. The van der Waals surface area contributed by atoms with E-state index >= 15 is 0 Å². The van der Waals surface area contributed by atoms with E-state index in [1.807, 2.05) is 14.2 Å². The Morgan fingerprint density at radius 3 is 2.13 bits per heavy atom. The summed E-state index contributed by atoms with van der Waals surface area (Å²) in [5, 5.41) is 0.442. The molecule has 0 aromatic carbocycles. The van der Waals surface area contributed by atoms with E-state index in [0.29, 0.717) is 5.04 Å². The monoisotopic (exact) mass is 230 g/mol. The maximum absolute atomic E-state index is 5.66. The maximum atomic E-state index is 5.66. The first-order valence-corrected chi connectivity index (χ1v) is 7.86. The summed E-state index contributed by atoms with van der Waals surface area (Å²) in [6.07, 6.45) is 10.8. The molecule has 0 atom stereocenters. The summed E-state index contributed by atoms with van der Waals surface area (Å²) < 4.78 is 11.3. The molecule has 0 radical (unpaired) electrons. The zero-order chi connectivity index (χ0) is 11.1. The predicted octanol–water partition coefficient (Wildman–Crippen LogP) is 3.39. The summed E-state index contributed by atoms with van der Waals surface area (Å²) in [7, 11) is 2.23. The lowest BCUT2D eigenvalue weighted by molar-refractivity contribution is 0.202. The molecule has 1 saturated carbocycles. The second-order valence-electron chi connectivity index (χ2n) is 4.83. The fraction of sp³-hybridized carbons (Fsp3) is 1.00. The topological polar surface area (TPSA) is 18.5 Å². The third-order valence-electron chi connectivity index (χ3n) is 3.81. The van der Waals surface area contributed by atoms with E-state index in [2.05, 4.69) is 6.92 Å². The first-order valence-electron chi connectivity index (χ1n) is 6.34. The summed E-state index contributed by atoms with van der Waals surface area (Å²) in [6.45, 7) is 2.27. The van der Waals surface area contributed by atoms with Crippen molar-refractivity contribution >= 4 is 9.28 Å². The van der Waals surface area contributed by atoms with Crippen molar-refractivity contribution in [2.24, 2.45) is 0 Å². The van der Waals surface area contributed by atoms with E-state index in [1.54, 1.807) is 0 Å². The van der Waals surface area contributed by atoms with Crippen LogP contribution in [0, 0.1) is 0 Å². The molecule has 0 bridgehead atoms. The van der Waals surface area contributed by atoms with Crippen LogP contribution in [-0.4, -0.2) is 23.5 Å². The average Bonchev–Trinajstić information content (AvgIpc) is 2.29. The smallest absolute Gasteiger partial charge is 0.327 e. The molecule has 1 aliphatic carbocycles. The van der Waals surface area contributed by atoms with Crippen LogP contribution >= 0.6 is 0 Å². The van der Waals surface area contributed by atoms with Crippen LogP contribution in [0.3, 0.4) is 0 Å². The molecule has 0 saturated heterocycles. The molecular formula is C12H26O2Si. The fourth-order valence-electron chi connectivity index (χ4n) is 2.98. The van der Waals surface area contributed by atoms with Crippen molar-refractivity contribution in [3.63, 3.8) is 0 Å². The Labute approximate surface area is 96.2 Å². The van der Waals surface area contributed by atoms with Crippen molar-refractivity contribution in [2.45, 2.75) is 63.3 Å². The molecule has 1 fully saturated rings. The van der Waals surface area contributed by atoms with Gasteiger partial charge in [0.25, 0.3) is 0 Å². The summed E-state index contributed by atoms with van der Waals surface area (Å²) in [6, 6.07) is 0. The van der Waals surface area contributed by atoms with E-state index in [0.717, 1.165) is 0 Å². The van der Waals surface area contributed by atoms with Gasteiger partial charge in [0.05, 0.1) is 0 Å². The molecule has 2 nitrogen and oxygen atoms in total. The Morgan fingerprint density at radius 2 is 1.67 bits per heavy atom. The largest absolute Gasteiger partial charge is 0.400 e. The molecule has 0 aliphatic heterocycles. The Bertz CT molecular complexity index is 163. The van der Waals surface area contributed by atoms with Crippen LogP contribution in [0.4, 0.5) is 0 Å². The van der Waals surface area contributed by atoms with Gasteiger partial charge in [-0.15, -0.1) is 0 Å². The van der Waals surface area contributed by atoms with Gasteiger partial charge < -0.3 is 8.85 Å². The number of hydrogen-bond acceptors (Lipinski definition) is 2. The number of unbranched alkanes of at least 4 members (excludes halogenated alkanes) is 1. The van der Waals surface area contributed by atoms with Gasteiger partial charge in [0, 0.05) is 19.3 Å². The second kappa shape index (κ2) is 6.66. The first-order chi connectivity index (χ1) is 7.29. The van der Waals surface area contributed by atoms with E-state index < -0.39 is 9.28 Å². The first kappa shape index (κ1) is 13.2. The van der Waals surface area contributed by atoms with Gasteiger partial charge >= 0.3 is 9.28 Å². The Balaban J connectivity index is 2.64. The van der Waals surface area contributed by atoms with E-state index in [1.165, 1.54) is 51.4 Å². The van der Waals surface area contributed by atoms with Gasteiger partial charge in [-0.05, 0) is 19.3 Å². The number of rotatable bonds is 6. The number of hydrogen-bond donors (Lipinski definition) is 0. The lowest BCUT2D eigenvalue weighted by Gasteiger charge is -2.40. The van der Waals surface area contributed by atoms with Crippen molar-refractivity contribution in [1.29, 1.82) is 0 Å². The zero-order valence-corrected chi connectivity index (χ0v) is 11.7. The summed E-state index contributed by atoms with van der Waals surface area (Å²) in [5.41, 5.74) is 0. The summed E-state index contributed by atoms with van der Waals surface area (Å²) >= 11 is 0. The Kier molecular flexibility index (Phi) is 5.86. The fourth-order valence-corrected chi connectivity index (χ4v) is 5.50. The molecule has 0 spiro atoms. The predicted molar refractivity (Wildman–Crippen MR) is 66.5 cm³/mol. The van der Waals surface area contributed by atoms with Gasteiger partial charge in [0.15, 0.2) is 0 Å². The molecule has 15 heavy (non-hydrogen) atoms. The highest BCUT2D eigenvalue weighted by Gasteiger charge is 2.42. The van der Waals surface area contributed by atoms with Crippen molar-refractivity contribution in [2.75, 3.05) is 14.2 Å². The Morgan fingerprint density at radius 1 is 1.07 bits per heavy atom. The van der Waals surface area contributed by atoms with Crippen LogP contribution < -0.4 is 0 Å². The van der Waals surface area contributed by atoms with Crippen molar-refractivity contribution in [1.82, 2.24) is 0 Å². The summed E-state index contributed by atoms with van der Waals surface area (Å²) in [5.74, 6) is 0. The second-order valence-corrected chi connectivity index (χ2v) is 7.66. The molecule has 0 heterocycles. The van der Waals surface area contributed by atoms with Gasteiger partial charge in [-0.3, -0.25) is 0 Å². The average molecular weight is 230 g/mol. The highest BCUT2D eigenvalue weighted by atomic mass is 28.3. The SMILES string of the molecule is CCCCC1([SiH](OC)OC)CCCCC1. The van der Waals surface area contributed by atoms with Crippen molar-refractivity contribution in [3.8, 4) is 0 Å². The van der Waals surface area contributed by atoms with Gasteiger partial charge in [-0.2, -0.15) is 0 Å². The molecule has 1 aliphatic rings. The van der Waals surface area contributed by atoms with Gasteiger partial charge in [0.2, 0.25) is 0 Å². The normalized spacial score (nSPS) is 20.8. The molecule has 0 amide bonds. The molecule has 3 heteroatoms. The van der Waals surface area contributed by atoms with E-state index in [9.17, 15) is 0 Å². The highest BCUT2D eigenvalue weighted by molar-refractivity contribution is 6.48. The van der Waals surface area contributed by atoms with Crippen LogP contribution in [0.25, 0.3) is 0 Å². The summed E-state index contributed by atoms with van der Waals surface area (Å²) in [4.78, 5) is 0. The Hall–Kier alpha value is 0.137.